The Hall–Kier alpha value is -0.290. The highest BCUT2D eigenvalue weighted by Gasteiger charge is 2.29. The van der Waals surface area contributed by atoms with Gasteiger partial charge in [0.05, 0.1) is 6.10 Å². The zero-order chi connectivity index (χ0) is 12.8. The van der Waals surface area contributed by atoms with Crippen molar-refractivity contribution in [1.29, 1.82) is 0 Å². The average molecular weight is 241 g/mol. The number of alkyl halides is 3. The van der Waals surface area contributed by atoms with Gasteiger partial charge >= 0.3 is 6.18 Å². The van der Waals surface area contributed by atoms with Crippen molar-refractivity contribution >= 4 is 0 Å². The van der Waals surface area contributed by atoms with Crippen LogP contribution in [0.25, 0.3) is 0 Å². The van der Waals surface area contributed by atoms with Crippen molar-refractivity contribution in [2.75, 3.05) is 19.7 Å². The van der Waals surface area contributed by atoms with E-state index in [0.717, 1.165) is 6.54 Å². The number of hydrogen-bond acceptors (Lipinski definition) is 2. The van der Waals surface area contributed by atoms with Crippen molar-refractivity contribution in [3.8, 4) is 0 Å². The van der Waals surface area contributed by atoms with Crippen LogP contribution in [0, 0.1) is 11.8 Å². The van der Waals surface area contributed by atoms with Crippen LogP contribution < -0.4 is 5.32 Å². The van der Waals surface area contributed by atoms with Gasteiger partial charge in [-0.25, -0.2) is 0 Å². The van der Waals surface area contributed by atoms with Gasteiger partial charge in [-0.15, -0.1) is 0 Å². The highest BCUT2D eigenvalue weighted by atomic mass is 19.4. The van der Waals surface area contributed by atoms with Gasteiger partial charge in [0.1, 0.15) is 6.61 Å². The molecule has 0 heterocycles. The molecule has 1 unspecified atom stereocenters. The summed E-state index contributed by atoms with van der Waals surface area (Å²) in [6, 6.07) is 0. The molecule has 98 valence electrons. The summed E-state index contributed by atoms with van der Waals surface area (Å²) < 4.78 is 40.8. The van der Waals surface area contributed by atoms with Crippen molar-refractivity contribution < 1.29 is 17.9 Å². The summed E-state index contributed by atoms with van der Waals surface area (Å²) in [5.74, 6) is 0.553. The molecule has 1 atom stereocenters. The first-order valence-electron chi connectivity index (χ1n) is 5.61. The molecule has 0 bridgehead atoms. The smallest absolute Gasteiger partial charge is 0.367 e. The average Bonchev–Trinajstić information content (AvgIpc) is 2.07. The Labute approximate surface area is 95.5 Å². The van der Waals surface area contributed by atoms with E-state index < -0.39 is 12.8 Å². The fourth-order valence-corrected chi connectivity index (χ4v) is 1.20. The number of halogens is 3. The molecular formula is C11H22F3NO. The summed E-state index contributed by atoms with van der Waals surface area (Å²) in [6.07, 6.45) is -4.63. The molecule has 0 saturated heterocycles. The van der Waals surface area contributed by atoms with Crippen LogP contribution in [-0.2, 0) is 4.74 Å². The normalized spacial score (nSPS) is 14.8. The van der Waals surface area contributed by atoms with Crippen LogP contribution in [-0.4, -0.2) is 32.0 Å². The maximum absolute atomic E-state index is 12.0. The Morgan fingerprint density at radius 2 is 1.62 bits per heavy atom. The SMILES string of the molecule is CC(C)CNCC(OCC(F)(F)F)C(C)C. The molecule has 0 rings (SSSR count). The van der Waals surface area contributed by atoms with Crippen LogP contribution in [0.1, 0.15) is 27.7 Å². The van der Waals surface area contributed by atoms with Crippen LogP contribution in [0.5, 0.6) is 0 Å². The number of ether oxygens (including phenoxy) is 1. The maximum atomic E-state index is 12.0. The van der Waals surface area contributed by atoms with Gasteiger partial charge in [0.15, 0.2) is 0 Å². The maximum Gasteiger partial charge on any atom is 0.411 e. The molecule has 2 nitrogen and oxygen atoms in total. The van der Waals surface area contributed by atoms with E-state index in [1.54, 1.807) is 0 Å². The fraction of sp³-hybridized carbons (Fsp3) is 1.00. The third kappa shape index (κ3) is 8.97. The zero-order valence-corrected chi connectivity index (χ0v) is 10.4. The van der Waals surface area contributed by atoms with Crippen molar-refractivity contribution in [3.05, 3.63) is 0 Å². The lowest BCUT2D eigenvalue weighted by Gasteiger charge is -2.23. The van der Waals surface area contributed by atoms with E-state index in [4.69, 9.17) is 4.74 Å². The molecule has 16 heavy (non-hydrogen) atoms. The predicted octanol–water partition coefficient (Wildman–Crippen LogP) is 2.84. The standard InChI is InChI=1S/C11H22F3NO/c1-8(2)5-15-6-10(9(3)4)16-7-11(12,13)14/h8-10,15H,5-7H2,1-4H3. The molecular weight excluding hydrogens is 219 g/mol. The highest BCUT2D eigenvalue weighted by molar-refractivity contribution is 4.67. The highest BCUT2D eigenvalue weighted by Crippen LogP contribution is 2.17. The molecule has 0 spiro atoms. The summed E-state index contributed by atoms with van der Waals surface area (Å²) in [6.45, 7) is 7.90. The zero-order valence-electron chi connectivity index (χ0n) is 10.4. The Bertz CT molecular complexity index is 181. The minimum absolute atomic E-state index is 0.0713. The van der Waals surface area contributed by atoms with Crippen LogP contribution in [0.4, 0.5) is 13.2 Å². The number of nitrogens with one attached hydrogen (secondary N) is 1. The molecule has 1 N–H and O–H groups in total. The molecule has 0 aromatic rings. The van der Waals surface area contributed by atoms with Crippen LogP contribution in [0.15, 0.2) is 0 Å². The third-order valence-electron chi connectivity index (χ3n) is 2.10. The first-order chi connectivity index (χ1) is 7.22. The second-order valence-electron chi connectivity index (χ2n) is 4.76. The lowest BCUT2D eigenvalue weighted by atomic mass is 10.1. The summed E-state index contributed by atoms with van der Waals surface area (Å²) in [5, 5.41) is 3.11. The summed E-state index contributed by atoms with van der Waals surface area (Å²) >= 11 is 0. The molecule has 0 amide bonds. The van der Waals surface area contributed by atoms with E-state index in [2.05, 4.69) is 5.32 Å². The van der Waals surface area contributed by atoms with Gasteiger partial charge in [-0.05, 0) is 18.4 Å². The Kier molecular flexibility index (Phi) is 6.99. The summed E-state index contributed by atoms with van der Waals surface area (Å²) in [4.78, 5) is 0. The van der Waals surface area contributed by atoms with E-state index in [-0.39, 0.29) is 12.0 Å². The van der Waals surface area contributed by atoms with Crippen molar-refractivity contribution in [1.82, 2.24) is 5.32 Å². The Balaban J connectivity index is 3.89. The molecule has 5 heteroatoms. The lowest BCUT2D eigenvalue weighted by Crippen LogP contribution is -2.37. The number of rotatable bonds is 7. The molecule has 0 fully saturated rings. The van der Waals surface area contributed by atoms with Crippen molar-refractivity contribution in [3.63, 3.8) is 0 Å². The minimum Gasteiger partial charge on any atom is -0.367 e. The molecule has 0 aliphatic carbocycles. The fourth-order valence-electron chi connectivity index (χ4n) is 1.20. The number of hydrogen-bond donors (Lipinski definition) is 1. The largest absolute Gasteiger partial charge is 0.411 e. The van der Waals surface area contributed by atoms with E-state index in [1.165, 1.54) is 0 Å². The van der Waals surface area contributed by atoms with E-state index in [9.17, 15) is 13.2 Å². The lowest BCUT2D eigenvalue weighted by molar-refractivity contribution is -0.188. The predicted molar refractivity (Wildman–Crippen MR) is 58.3 cm³/mol. The van der Waals surface area contributed by atoms with Gasteiger partial charge in [0, 0.05) is 6.54 Å². The van der Waals surface area contributed by atoms with Gasteiger partial charge < -0.3 is 10.1 Å². The van der Waals surface area contributed by atoms with Gasteiger partial charge in [0.25, 0.3) is 0 Å². The topological polar surface area (TPSA) is 21.3 Å². The van der Waals surface area contributed by atoms with Gasteiger partial charge in [-0.1, -0.05) is 27.7 Å². The van der Waals surface area contributed by atoms with Crippen LogP contribution in [0.3, 0.4) is 0 Å². The molecule has 0 aromatic heterocycles. The molecule has 0 radical (unpaired) electrons. The first-order valence-corrected chi connectivity index (χ1v) is 5.61. The van der Waals surface area contributed by atoms with E-state index in [1.807, 2.05) is 27.7 Å². The molecule has 0 aromatic carbocycles. The first kappa shape index (κ1) is 15.7. The van der Waals surface area contributed by atoms with Crippen molar-refractivity contribution in [2.24, 2.45) is 11.8 Å². The molecule has 0 aliphatic rings. The minimum atomic E-state index is -4.24. The second kappa shape index (κ2) is 7.12. The van der Waals surface area contributed by atoms with E-state index in [0.29, 0.717) is 12.5 Å². The quantitative estimate of drug-likeness (QED) is 0.740. The van der Waals surface area contributed by atoms with Gasteiger partial charge in [-0.3, -0.25) is 0 Å². The molecule has 0 saturated carbocycles. The summed E-state index contributed by atoms with van der Waals surface area (Å²) in [5.41, 5.74) is 0. The molecule has 0 aliphatic heterocycles. The van der Waals surface area contributed by atoms with Gasteiger partial charge in [0.2, 0.25) is 0 Å². The van der Waals surface area contributed by atoms with Crippen molar-refractivity contribution in [2.45, 2.75) is 40.0 Å². The summed E-state index contributed by atoms with van der Waals surface area (Å²) in [7, 11) is 0. The van der Waals surface area contributed by atoms with Crippen LogP contribution >= 0.6 is 0 Å². The van der Waals surface area contributed by atoms with E-state index >= 15 is 0 Å². The van der Waals surface area contributed by atoms with Crippen LogP contribution in [0.2, 0.25) is 0 Å². The third-order valence-corrected chi connectivity index (χ3v) is 2.10. The Morgan fingerprint density at radius 1 is 1.06 bits per heavy atom. The Morgan fingerprint density at radius 3 is 2.00 bits per heavy atom. The second-order valence-corrected chi connectivity index (χ2v) is 4.76. The van der Waals surface area contributed by atoms with Gasteiger partial charge in [-0.2, -0.15) is 13.2 Å². The monoisotopic (exact) mass is 241 g/mol.